The number of aromatic nitrogens is 11. The van der Waals surface area contributed by atoms with E-state index in [9.17, 15) is 84.9 Å². The third kappa shape index (κ3) is 22.7. The van der Waals surface area contributed by atoms with E-state index in [2.05, 4.69) is 110 Å². The average molecular weight is 1810 g/mol. The van der Waals surface area contributed by atoms with Gasteiger partial charge in [-0.05, 0) is 136 Å². The molecule has 19 N–H and O–H groups in total. The number of unbranched alkanes of at least 4 members (excludes halogenated alkanes) is 3. The number of nitrogens with one attached hydrogen (secondary N) is 6. The number of H-pyrrole nitrogens is 4. The standard InChI is InChI=1S/C24H28N6O5.C23H32N6O6.C21H28N6O3.C21H27N5O5/c1-13-9-17-18(10-16(13)26-8-6-15-5-3-4-7-25-15)30(11-19(32)22(34)20(33)12-31)23-21(29-17)24(35)28-14(2)27-23;1-13-9-15-17(10-16(13)28-5-3-27(4-6-28)7-8-30)29(11-18(32)21(34)19(33)12-31)22-20(26-15)23(35)25-14(2)24-22;1-13-11-14-16(12-15(13)26(3)4)27(10-8-6-5-7-9-17(28)22-2)19-18(23-14)20(29)25-21(30)24-19;1-11-7-13-15(8-14(11)25-5-3-4-6-25)26(9-16(28)19(30)17(29)10-27)20-18(24-13)21(31)23-12(2)22-20/h3-5,7,9-10,19-20,22,26,31-34H,2,6,8,11-12H2,1H3,(H,28,35);9-10,18-19,21,30-34H,2-8,11-12H2,1H3,(H,25,35);11-12H,5-10H2,1-4H3,(H,22,28)(H,25,29,30);7-8,16-17,19,27-30H,2-6,9-10H2,1H3,(H,23,31)/t19-,20+,22-;18-,19+,21-;;16-,17+,19-/m00.0/s1. The van der Waals surface area contributed by atoms with E-state index in [1.807, 2.05) is 118 Å². The number of fused-ring (bicyclic) bond motifs is 8. The summed E-state index contributed by atoms with van der Waals surface area (Å²) >= 11 is 0. The van der Waals surface area contributed by atoms with Crippen LogP contribution in [0.5, 0.6) is 0 Å². The van der Waals surface area contributed by atoms with Crippen LogP contribution in [0.3, 0.4) is 0 Å². The van der Waals surface area contributed by atoms with Gasteiger partial charge in [0.15, 0.2) is 45.0 Å². The second-order valence-corrected chi connectivity index (χ2v) is 33.0. The van der Waals surface area contributed by atoms with Crippen molar-refractivity contribution in [3.63, 3.8) is 0 Å². The highest BCUT2D eigenvalue weighted by Gasteiger charge is 2.37. The molecule has 0 radical (unpaired) electrons. The third-order valence-electron chi connectivity index (χ3n) is 23.3. The topological polar surface area (TPSA) is 595 Å². The number of pyridine rings is 1. The molecule has 131 heavy (non-hydrogen) atoms. The van der Waals surface area contributed by atoms with Crippen molar-refractivity contribution in [3.8, 4) is 11.5 Å². The first-order chi connectivity index (χ1) is 62.6. The van der Waals surface area contributed by atoms with Crippen LogP contribution in [0.25, 0.3) is 42.3 Å². The number of rotatable bonds is 31. The Morgan fingerprint density at radius 1 is 0.504 bits per heavy atom. The quantitative estimate of drug-likeness (QED) is 0.0147. The number of nitrogens with zero attached hydrogens (tertiary/aromatic N) is 17. The van der Waals surface area contributed by atoms with Crippen LogP contribution in [-0.2, 0) is 17.8 Å². The highest BCUT2D eigenvalue weighted by molar-refractivity contribution is 5.86. The van der Waals surface area contributed by atoms with Crippen LogP contribution in [0.2, 0.25) is 0 Å². The number of β-amino-alcohol motifs (C(OH)–C–C–N with tert-alkyl or cyclic N) is 4. The molecule has 0 saturated carbocycles. The van der Waals surface area contributed by atoms with E-state index in [1.165, 1.54) is 0 Å². The average Bonchev–Trinajstić information content (AvgIpc) is 1.13. The van der Waals surface area contributed by atoms with Gasteiger partial charge in [-0.2, -0.15) is 4.98 Å². The van der Waals surface area contributed by atoms with Crippen molar-refractivity contribution in [1.82, 2.24) is 64.6 Å². The zero-order valence-corrected chi connectivity index (χ0v) is 74.1. The van der Waals surface area contributed by atoms with E-state index in [-0.39, 0.29) is 87.8 Å². The Labute approximate surface area is 750 Å². The van der Waals surface area contributed by atoms with Crippen molar-refractivity contribution in [2.45, 2.75) is 141 Å². The molecular formula is C89H115N23O19. The van der Waals surface area contributed by atoms with Gasteiger partial charge in [-0.1, -0.05) is 38.6 Å². The van der Waals surface area contributed by atoms with E-state index in [0.717, 1.165) is 134 Å². The molecule has 4 aromatic carbocycles. The highest BCUT2D eigenvalue weighted by atomic mass is 16.4. The van der Waals surface area contributed by atoms with Gasteiger partial charge in [-0.25, -0.2) is 39.7 Å². The summed E-state index contributed by atoms with van der Waals surface area (Å²) in [5.41, 5.74) is 11.4. The molecule has 8 aromatic rings. The zero-order valence-electron chi connectivity index (χ0n) is 74.1. The number of aromatic amines is 4. The number of aliphatic hydroxyl groups is 13. The monoisotopic (exact) mass is 1810 g/mol. The van der Waals surface area contributed by atoms with Gasteiger partial charge in [-0.15, -0.1) is 0 Å². The van der Waals surface area contributed by atoms with Crippen LogP contribution in [0.1, 0.15) is 72.9 Å². The van der Waals surface area contributed by atoms with E-state index >= 15 is 0 Å². The lowest BCUT2D eigenvalue weighted by molar-refractivity contribution is -0.120. The first kappa shape index (κ1) is 97.5. The Morgan fingerprint density at radius 3 is 1.42 bits per heavy atom. The van der Waals surface area contributed by atoms with E-state index < -0.39 is 103 Å². The van der Waals surface area contributed by atoms with Crippen molar-refractivity contribution < 1.29 is 71.2 Å². The molecule has 7 aliphatic rings. The van der Waals surface area contributed by atoms with Crippen LogP contribution in [-0.4, -0.2) is 306 Å². The summed E-state index contributed by atoms with van der Waals surface area (Å²) in [6, 6.07) is 21.0. The predicted octanol–water partition coefficient (Wildman–Crippen LogP) is -3.68. The van der Waals surface area contributed by atoms with Crippen LogP contribution in [0, 0.1) is 27.7 Å². The molecule has 7 aliphatic heterocycles. The molecule has 42 heteroatoms. The smallest absolute Gasteiger partial charge is 0.349 e. The SMILES string of the molecule is C=c1nc2c(c(=O)[nH]1)=Nc1cc(C)c(N3CCCC3)cc1N2C[C@H](O)[C@H](O)[C@H](O)CO.C=c1nc2c(c(=O)[nH]1)=Nc1cc(C)c(N3CCN(CCO)CC3)cc1N2C[C@H](O)[C@H](O)[C@H](O)CO.C=c1nc2c(c(=O)[nH]1)=Nc1cc(C)c(NCCc3ccccn3)cc1N2C[C@H](O)[C@H](O)[C@H](O)CO.CNC(=O)CCCCCCn1c2nc(=O)[nH]c(=O)c-2nc2cc(C)c(N(C)C)cc21. The lowest BCUT2D eigenvalue weighted by Crippen LogP contribution is -2.49. The van der Waals surface area contributed by atoms with Gasteiger partial charge < -0.3 is 126 Å². The Morgan fingerprint density at radius 2 is 0.969 bits per heavy atom. The molecule has 700 valence electrons. The number of hydrogen-bond donors (Lipinski definition) is 19. The Kier molecular flexibility index (Phi) is 32.4. The molecule has 1 amide bonds. The molecule has 0 spiro atoms. The minimum absolute atomic E-state index is 0.0459. The summed E-state index contributed by atoms with van der Waals surface area (Å²) in [4.78, 5) is 136. The van der Waals surface area contributed by atoms with Crippen LogP contribution in [0.15, 0.2) is 112 Å². The van der Waals surface area contributed by atoms with Crippen molar-refractivity contribution in [2.24, 2.45) is 15.0 Å². The van der Waals surface area contributed by atoms with Gasteiger partial charge in [0.2, 0.25) is 5.91 Å². The fourth-order valence-electron chi connectivity index (χ4n) is 16.3. The summed E-state index contributed by atoms with van der Waals surface area (Å²) in [6.07, 6.45) is -5.02. The molecule has 0 bridgehead atoms. The molecule has 15 rings (SSSR count). The normalized spacial score (nSPS) is 15.8. The number of carbonyl (C=O) groups excluding carboxylic acids is 1. The first-order valence-corrected chi connectivity index (χ1v) is 43.2. The number of aliphatic hydroxyl groups excluding tert-OH is 13. The number of amides is 1. The summed E-state index contributed by atoms with van der Waals surface area (Å²) in [5.74, 6) is 0.906. The number of anilines is 10. The fraction of sp³-hybridized carbons (Fsp3) is 0.449. The first-order valence-electron chi connectivity index (χ1n) is 43.2. The number of benzene rings is 4. The Hall–Kier alpha value is -12.5. The summed E-state index contributed by atoms with van der Waals surface area (Å²) in [7, 11) is 5.58. The van der Waals surface area contributed by atoms with Gasteiger partial charge in [-0.3, -0.25) is 38.8 Å². The van der Waals surface area contributed by atoms with Crippen LogP contribution < -0.4 is 100 Å². The van der Waals surface area contributed by atoms with Crippen LogP contribution >= 0.6 is 0 Å². The van der Waals surface area contributed by atoms with Crippen molar-refractivity contribution in [3.05, 3.63) is 185 Å². The summed E-state index contributed by atoms with van der Waals surface area (Å²) in [6.45, 7) is 23.2. The predicted molar refractivity (Wildman–Crippen MR) is 493 cm³/mol. The Balaban J connectivity index is 0.000000158. The Bertz CT molecular complexity index is 6410. The van der Waals surface area contributed by atoms with E-state index in [0.29, 0.717) is 77.9 Å². The highest BCUT2D eigenvalue weighted by Crippen LogP contribution is 2.44. The minimum Gasteiger partial charge on any atom is -0.395 e. The molecule has 0 unspecified atom stereocenters. The van der Waals surface area contributed by atoms with Crippen molar-refractivity contribution >= 4 is 111 Å². The second-order valence-electron chi connectivity index (χ2n) is 33.0. The molecule has 9 atom stereocenters. The number of piperazine rings is 1. The van der Waals surface area contributed by atoms with Gasteiger partial charge in [0.1, 0.15) is 71.4 Å². The maximum absolute atomic E-state index is 12.6. The molecule has 42 nitrogen and oxygen atoms in total. The summed E-state index contributed by atoms with van der Waals surface area (Å²) < 4.78 is 1.92. The molecule has 0 aliphatic carbocycles. The fourth-order valence-corrected chi connectivity index (χ4v) is 16.3. The van der Waals surface area contributed by atoms with Crippen molar-refractivity contribution in [2.75, 3.05) is 154 Å². The van der Waals surface area contributed by atoms with Gasteiger partial charge in [0.05, 0.1) is 91.2 Å². The van der Waals surface area contributed by atoms with Crippen LogP contribution in [0.4, 0.5) is 74.3 Å². The zero-order chi connectivity index (χ0) is 94.5. The molecule has 2 saturated heterocycles. The van der Waals surface area contributed by atoms with Gasteiger partial charge >= 0.3 is 5.69 Å². The lowest BCUT2D eigenvalue weighted by atomic mass is 10.0. The molecule has 11 heterocycles. The van der Waals surface area contributed by atoms with E-state index in [1.54, 1.807) is 27.9 Å². The second kappa shape index (κ2) is 43.5. The van der Waals surface area contributed by atoms with Gasteiger partial charge in [0.25, 0.3) is 22.2 Å². The maximum Gasteiger partial charge on any atom is 0.349 e. The summed E-state index contributed by atoms with van der Waals surface area (Å²) in [5, 5.41) is 135. The maximum atomic E-state index is 12.6. The van der Waals surface area contributed by atoms with Gasteiger partial charge in [0, 0.05) is 128 Å². The van der Waals surface area contributed by atoms with Crippen molar-refractivity contribution in [1.29, 1.82) is 0 Å². The lowest BCUT2D eigenvalue weighted by Gasteiger charge is -2.38. The number of aryl methyl sites for hydroxylation is 5. The number of carbonyl (C=O) groups is 1. The molecule has 2 fully saturated rings. The van der Waals surface area contributed by atoms with E-state index in [4.69, 9.17) is 10.2 Å². The minimum atomic E-state index is -1.62. The molecule has 4 aromatic heterocycles. The third-order valence-corrected chi connectivity index (χ3v) is 23.3. The molecular weight excluding hydrogens is 1700 g/mol. The largest absolute Gasteiger partial charge is 0.395 e. The number of hydrogen-bond acceptors (Lipinski definition) is 36.